The second-order valence-electron chi connectivity index (χ2n) is 5.75. The van der Waals surface area contributed by atoms with Gasteiger partial charge >= 0.3 is 5.97 Å². The number of non-ortho nitro benzene ring substituents is 1. The Morgan fingerprint density at radius 2 is 1.88 bits per heavy atom. The fraction of sp³-hybridized carbons (Fsp3) is 0.222. The number of para-hydroxylation sites is 2. The summed E-state index contributed by atoms with van der Waals surface area (Å²) in [5.74, 6) is -0.624. The Hall–Kier alpha value is -3.42. The maximum atomic E-state index is 12.3. The molecule has 0 aromatic heterocycles. The summed E-state index contributed by atoms with van der Waals surface area (Å²) in [6, 6.07) is 12.3. The van der Waals surface area contributed by atoms with Gasteiger partial charge in [0.25, 0.3) is 5.69 Å². The van der Waals surface area contributed by atoms with Crippen molar-refractivity contribution in [3.63, 3.8) is 0 Å². The lowest BCUT2D eigenvalue weighted by Crippen LogP contribution is -2.27. The number of ether oxygens (including phenoxy) is 2. The maximum Gasteiger partial charge on any atom is 0.316 e. The van der Waals surface area contributed by atoms with Gasteiger partial charge < -0.3 is 14.4 Å². The van der Waals surface area contributed by atoms with E-state index in [2.05, 4.69) is 0 Å². The summed E-state index contributed by atoms with van der Waals surface area (Å²) in [5, 5.41) is 10.6. The number of hydrogen-bond acceptors (Lipinski definition) is 6. The summed E-state index contributed by atoms with van der Waals surface area (Å²) in [4.78, 5) is 36.3. The van der Waals surface area contributed by atoms with Gasteiger partial charge in [0.1, 0.15) is 11.5 Å². The molecule has 8 nitrogen and oxygen atoms in total. The highest BCUT2D eigenvalue weighted by molar-refractivity contribution is 6.00. The van der Waals surface area contributed by atoms with E-state index >= 15 is 0 Å². The van der Waals surface area contributed by atoms with Gasteiger partial charge in [-0.2, -0.15) is 0 Å². The van der Waals surface area contributed by atoms with Gasteiger partial charge in [0, 0.05) is 25.1 Å². The molecule has 1 heterocycles. The number of methoxy groups -OCH3 is 1. The topological polar surface area (TPSA) is 99.0 Å². The fourth-order valence-electron chi connectivity index (χ4n) is 2.79. The third kappa shape index (κ3) is 3.49. The molecule has 2 aromatic rings. The number of nitrogens with zero attached hydrogens (tertiary/aromatic N) is 2. The van der Waals surface area contributed by atoms with Gasteiger partial charge in [-0.1, -0.05) is 12.1 Å². The molecule has 8 heteroatoms. The summed E-state index contributed by atoms with van der Waals surface area (Å²) in [7, 11) is 1.51. The van der Waals surface area contributed by atoms with Crippen molar-refractivity contribution in [2.45, 2.75) is 6.42 Å². The minimum atomic E-state index is -0.623. The van der Waals surface area contributed by atoms with Crippen molar-refractivity contribution in [2.24, 2.45) is 5.92 Å². The van der Waals surface area contributed by atoms with E-state index in [0.29, 0.717) is 11.4 Å². The molecule has 1 amide bonds. The normalized spacial score (nSPS) is 16.4. The first-order valence-electron chi connectivity index (χ1n) is 7.89. The largest absolute Gasteiger partial charge is 0.495 e. The van der Waals surface area contributed by atoms with Crippen molar-refractivity contribution in [3.8, 4) is 11.5 Å². The van der Waals surface area contributed by atoms with E-state index in [1.165, 1.54) is 36.3 Å². The molecule has 0 N–H and O–H groups in total. The van der Waals surface area contributed by atoms with Crippen molar-refractivity contribution in [3.05, 3.63) is 58.6 Å². The fourth-order valence-corrected chi connectivity index (χ4v) is 2.79. The van der Waals surface area contributed by atoms with Crippen LogP contribution in [0.1, 0.15) is 6.42 Å². The zero-order valence-corrected chi connectivity index (χ0v) is 14.0. The molecule has 2 aromatic carbocycles. The van der Waals surface area contributed by atoms with E-state index in [9.17, 15) is 19.7 Å². The molecule has 0 radical (unpaired) electrons. The summed E-state index contributed by atoms with van der Waals surface area (Å²) in [5.41, 5.74) is 0.508. The molecule has 1 aliphatic rings. The number of nitro groups is 1. The number of anilines is 1. The van der Waals surface area contributed by atoms with Crippen molar-refractivity contribution in [1.82, 2.24) is 0 Å². The molecule has 26 heavy (non-hydrogen) atoms. The van der Waals surface area contributed by atoms with Gasteiger partial charge in [0.15, 0.2) is 0 Å². The number of amides is 1. The van der Waals surface area contributed by atoms with Crippen LogP contribution in [0.5, 0.6) is 11.5 Å². The number of benzene rings is 2. The monoisotopic (exact) mass is 356 g/mol. The lowest BCUT2D eigenvalue weighted by molar-refractivity contribution is -0.384. The average Bonchev–Trinajstić information content (AvgIpc) is 3.04. The van der Waals surface area contributed by atoms with E-state index in [-0.39, 0.29) is 30.3 Å². The van der Waals surface area contributed by atoms with Crippen LogP contribution in [0.25, 0.3) is 0 Å². The van der Waals surface area contributed by atoms with Gasteiger partial charge in [-0.3, -0.25) is 19.7 Å². The Kier molecular flexibility index (Phi) is 4.83. The second-order valence-corrected chi connectivity index (χ2v) is 5.75. The van der Waals surface area contributed by atoms with Gasteiger partial charge in [-0.25, -0.2) is 0 Å². The van der Waals surface area contributed by atoms with E-state index in [1.807, 2.05) is 0 Å². The first-order chi connectivity index (χ1) is 12.5. The molecule has 3 rings (SSSR count). The zero-order chi connectivity index (χ0) is 18.7. The molecule has 0 bridgehead atoms. The first-order valence-corrected chi connectivity index (χ1v) is 7.89. The maximum absolute atomic E-state index is 12.3. The number of carbonyl (C=O) groups is 2. The smallest absolute Gasteiger partial charge is 0.316 e. The predicted octanol–water partition coefficient (Wildman–Crippen LogP) is 2.56. The van der Waals surface area contributed by atoms with E-state index in [0.717, 1.165) is 0 Å². The van der Waals surface area contributed by atoms with E-state index < -0.39 is 16.8 Å². The molecule has 1 atom stereocenters. The van der Waals surface area contributed by atoms with Crippen LogP contribution in [-0.2, 0) is 9.59 Å². The van der Waals surface area contributed by atoms with Gasteiger partial charge in [-0.15, -0.1) is 0 Å². The van der Waals surface area contributed by atoms with Crippen LogP contribution in [0.15, 0.2) is 48.5 Å². The molecule has 0 unspecified atom stereocenters. The number of nitro benzene ring substituents is 1. The third-order valence-corrected chi connectivity index (χ3v) is 4.10. The minimum Gasteiger partial charge on any atom is -0.495 e. The van der Waals surface area contributed by atoms with E-state index in [4.69, 9.17) is 9.47 Å². The van der Waals surface area contributed by atoms with Crippen molar-refractivity contribution in [2.75, 3.05) is 18.6 Å². The molecule has 1 aliphatic heterocycles. The van der Waals surface area contributed by atoms with Crippen LogP contribution in [0.3, 0.4) is 0 Å². The van der Waals surface area contributed by atoms with Crippen molar-refractivity contribution >= 4 is 23.3 Å². The minimum absolute atomic E-state index is 0.0316. The number of carbonyl (C=O) groups excluding carboxylic acids is 2. The predicted molar refractivity (Wildman–Crippen MR) is 92.2 cm³/mol. The molecule has 0 aliphatic carbocycles. The Morgan fingerprint density at radius 3 is 2.54 bits per heavy atom. The third-order valence-electron chi connectivity index (χ3n) is 4.10. The second kappa shape index (κ2) is 7.22. The average molecular weight is 356 g/mol. The summed E-state index contributed by atoms with van der Waals surface area (Å²) < 4.78 is 10.5. The van der Waals surface area contributed by atoms with Crippen molar-refractivity contribution in [1.29, 1.82) is 0 Å². The number of rotatable bonds is 5. The van der Waals surface area contributed by atoms with Gasteiger partial charge in [0.2, 0.25) is 5.91 Å². The van der Waals surface area contributed by atoms with Crippen LogP contribution in [0.4, 0.5) is 11.4 Å². The Balaban J connectivity index is 1.70. The van der Waals surface area contributed by atoms with Crippen LogP contribution in [0.2, 0.25) is 0 Å². The molecule has 0 spiro atoms. The van der Waals surface area contributed by atoms with E-state index in [1.54, 1.807) is 24.3 Å². The van der Waals surface area contributed by atoms with Gasteiger partial charge in [0.05, 0.1) is 23.6 Å². The molecule has 1 saturated heterocycles. The molecular formula is C18H16N2O6. The Labute approximate surface area is 149 Å². The van der Waals surface area contributed by atoms with Crippen LogP contribution >= 0.6 is 0 Å². The summed E-state index contributed by atoms with van der Waals surface area (Å²) >= 11 is 0. The summed E-state index contributed by atoms with van der Waals surface area (Å²) in [6.45, 7) is 0.186. The van der Waals surface area contributed by atoms with Crippen LogP contribution in [-0.4, -0.2) is 30.5 Å². The quantitative estimate of drug-likeness (QED) is 0.353. The number of hydrogen-bond donors (Lipinski definition) is 0. The summed E-state index contributed by atoms with van der Waals surface area (Å²) in [6.07, 6.45) is 0.0316. The molecule has 0 saturated carbocycles. The number of esters is 1. The van der Waals surface area contributed by atoms with Crippen molar-refractivity contribution < 1.29 is 24.0 Å². The Morgan fingerprint density at radius 1 is 1.19 bits per heavy atom. The lowest BCUT2D eigenvalue weighted by atomic mass is 10.1. The first kappa shape index (κ1) is 17.4. The SMILES string of the molecule is COc1ccccc1N1C[C@H](C(=O)Oc2ccc([N+](=O)[O-])cc2)CC1=O. The molecular weight excluding hydrogens is 340 g/mol. The highest BCUT2D eigenvalue weighted by Gasteiger charge is 2.37. The standard InChI is InChI=1S/C18H16N2O6/c1-25-16-5-3-2-4-15(16)19-11-12(10-17(19)21)18(22)26-14-8-6-13(7-9-14)20(23)24/h2-9,12H,10-11H2,1H3/t12-/m1/s1. The highest BCUT2D eigenvalue weighted by atomic mass is 16.6. The zero-order valence-electron chi connectivity index (χ0n) is 14.0. The van der Waals surface area contributed by atoms with Crippen LogP contribution < -0.4 is 14.4 Å². The molecule has 134 valence electrons. The van der Waals surface area contributed by atoms with Crippen LogP contribution in [0, 0.1) is 16.0 Å². The highest BCUT2D eigenvalue weighted by Crippen LogP contribution is 2.33. The molecule has 1 fully saturated rings. The van der Waals surface area contributed by atoms with Gasteiger partial charge in [-0.05, 0) is 24.3 Å². The lowest BCUT2D eigenvalue weighted by Gasteiger charge is -2.19. The Bertz CT molecular complexity index is 849.